The molecule has 1 aliphatic carbocycles. The molecule has 0 aromatic carbocycles. The van der Waals surface area contributed by atoms with Gasteiger partial charge in [0.25, 0.3) is 0 Å². The molecule has 1 aromatic rings. The Morgan fingerprint density at radius 1 is 1.41 bits per heavy atom. The molecule has 0 saturated heterocycles. The van der Waals surface area contributed by atoms with Gasteiger partial charge in [0, 0.05) is 19.3 Å². The van der Waals surface area contributed by atoms with Crippen LogP contribution in [0, 0.1) is 11.8 Å². The molecule has 2 rings (SSSR count). The van der Waals surface area contributed by atoms with Gasteiger partial charge in [0.05, 0.1) is 6.20 Å². The van der Waals surface area contributed by atoms with Crippen molar-refractivity contribution in [1.29, 1.82) is 0 Å². The number of aromatic nitrogens is 2. The van der Waals surface area contributed by atoms with E-state index in [0.717, 1.165) is 11.8 Å². The van der Waals surface area contributed by atoms with Gasteiger partial charge in [-0.05, 0) is 43.2 Å². The maximum atomic E-state index is 4.26. The van der Waals surface area contributed by atoms with Gasteiger partial charge in [-0.25, -0.2) is 0 Å². The Hall–Kier alpha value is -0.830. The van der Waals surface area contributed by atoms with Crippen LogP contribution in [0.1, 0.15) is 38.7 Å². The summed E-state index contributed by atoms with van der Waals surface area (Å²) in [4.78, 5) is 0. The molecule has 3 nitrogen and oxygen atoms in total. The van der Waals surface area contributed by atoms with Crippen molar-refractivity contribution < 1.29 is 0 Å². The van der Waals surface area contributed by atoms with Crippen LogP contribution in [0.15, 0.2) is 12.4 Å². The summed E-state index contributed by atoms with van der Waals surface area (Å²) in [5.41, 5.74) is 1.40. The zero-order valence-corrected chi connectivity index (χ0v) is 11.3. The van der Waals surface area contributed by atoms with Crippen LogP contribution >= 0.6 is 0 Å². The van der Waals surface area contributed by atoms with Crippen molar-refractivity contribution in [2.75, 3.05) is 6.54 Å². The number of aryl methyl sites for hydroxylation is 1. The average molecular weight is 235 g/mol. The molecule has 0 amide bonds. The molecule has 0 bridgehead atoms. The Morgan fingerprint density at radius 3 is 2.82 bits per heavy atom. The van der Waals surface area contributed by atoms with Gasteiger partial charge in [-0.2, -0.15) is 5.10 Å². The maximum Gasteiger partial charge on any atom is 0.0521 e. The quantitative estimate of drug-likeness (QED) is 0.849. The first-order chi connectivity index (χ1) is 8.15. The first-order valence-corrected chi connectivity index (χ1v) is 6.86. The van der Waals surface area contributed by atoms with Crippen LogP contribution in [0.4, 0.5) is 0 Å². The number of hydrogen-bond donors (Lipinski definition) is 1. The van der Waals surface area contributed by atoms with E-state index in [0.29, 0.717) is 6.04 Å². The van der Waals surface area contributed by atoms with E-state index in [1.54, 1.807) is 0 Å². The second kappa shape index (κ2) is 5.67. The first kappa shape index (κ1) is 12.6. The van der Waals surface area contributed by atoms with Crippen LogP contribution < -0.4 is 5.32 Å². The van der Waals surface area contributed by atoms with Gasteiger partial charge in [-0.15, -0.1) is 0 Å². The summed E-state index contributed by atoms with van der Waals surface area (Å²) in [6, 6.07) is 0.606. The van der Waals surface area contributed by atoms with Crippen LogP contribution in [0.25, 0.3) is 0 Å². The Balaban J connectivity index is 1.86. The lowest BCUT2D eigenvalue weighted by atomic mass is 9.90. The lowest BCUT2D eigenvalue weighted by Crippen LogP contribution is -2.31. The van der Waals surface area contributed by atoms with Gasteiger partial charge in [-0.1, -0.05) is 20.3 Å². The van der Waals surface area contributed by atoms with E-state index >= 15 is 0 Å². The molecule has 3 heteroatoms. The molecule has 1 saturated carbocycles. The van der Waals surface area contributed by atoms with Crippen LogP contribution in [0.3, 0.4) is 0 Å². The molecule has 0 radical (unpaired) electrons. The summed E-state index contributed by atoms with van der Waals surface area (Å²) in [6.07, 6.45) is 9.56. The van der Waals surface area contributed by atoms with Gasteiger partial charge >= 0.3 is 0 Å². The molecule has 2 unspecified atom stereocenters. The van der Waals surface area contributed by atoms with Gasteiger partial charge in [-0.3, -0.25) is 4.68 Å². The molecule has 17 heavy (non-hydrogen) atoms. The summed E-state index contributed by atoms with van der Waals surface area (Å²) in [7, 11) is 2.00. The Morgan fingerprint density at radius 2 is 2.18 bits per heavy atom. The van der Waals surface area contributed by atoms with E-state index < -0.39 is 0 Å². The maximum absolute atomic E-state index is 4.26. The standard InChI is InChI=1S/C14H25N3/c1-11(2)15-9-14-6-4-5-13(14)7-12-8-16-17(3)10-12/h8,10-11,13-15H,4-7,9H2,1-3H3. The normalized spacial score (nSPS) is 24.7. The smallest absolute Gasteiger partial charge is 0.0521 e. The molecular formula is C14H25N3. The van der Waals surface area contributed by atoms with Crippen molar-refractivity contribution in [3.05, 3.63) is 18.0 Å². The van der Waals surface area contributed by atoms with Gasteiger partial charge in [0.2, 0.25) is 0 Å². The Bertz CT molecular complexity index is 343. The average Bonchev–Trinajstić information content (AvgIpc) is 2.86. The highest BCUT2D eigenvalue weighted by molar-refractivity contribution is 5.06. The highest BCUT2D eigenvalue weighted by atomic mass is 15.2. The van der Waals surface area contributed by atoms with Crippen LogP contribution in [-0.4, -0.2) is 22.4 Å². The van der Waals surface area contributed by atoms with E-state index in [1.165, 1.54) is 37.8 Å². The predicted molar refractivity (Wildman–Crippen MR) is 70.9 cm³/mol. The second-order valence-electron chi connectivity index (χ2n) is 5.74. The lowest BCUT2D eigenvalue weighted by Gasteiger charge is -2.20. The van der Waals surface area contributed by atoms with Gasteiger partial charge < -0.3 is 5.32 Å². The Labute approximate surface area is 105 Å². The van der Waals surface area contributed by atoms with E-state index in [9.17, 15) is 0 Å². The first-order valence-electron chi connectivity index (χ1n) is 6.86. The molecule has 1 heterocycles. The van der Waals surface area contributed by atoms with Crippen molar-refractivity contribution >= 4 is 0 Å². The van der Waals surface area contributed by atoms with E-state index in [1.807, 2.05) is 17.9 Å². The third kappa shape index (κ3) is 3.56. The largest absolute Gasteiger partial charge is 0.314 e. The van der Waals surface area contributed by atoms with Crippen LogP contribution in [0.2, 0.25) is 0 Å². The van der Waals surface area contributed by atoms with E-state index in [4.69, 9.17) is 0 Å². The number of hydrogen-bond acceptors (Lipinski definition) is 2. The minimum absolute atomic E-state index is 0.606. The number of nitrogens with one attached hydrogen (secondary N) is 1. The van der Waals surface area contributed by atoms with E-state index in [-0.39, 0.29) is 0 Å². The third-order valence-electron chi connectivity index (χ3n) is 3.86. The zero-order valence-electron chi connectivity index (χ0n) is 11.3. The van der Waals surface area contributed by atoms with Crippen LogP contribution in [-0.2, 0) is 13.5 Å². The fourth-order valence-electron chi connectivity index (χ4n) is 2.92. The second-order valence-corrected chi connectivity index (χ2v) is 5.74. The highest BCUT2D eigenvalue weighted by Crippen LogP contribution is 2.33. The summed E-state index contributed by atoms with van der Waals surface area (Å²) in [5, 5.41) is 7.85. The van der Waals surface area contributed by atoms with E-state index in [2.05, 4.69) is 30.5 Å². The van der Waals surface area contributed by atoms with Gasteiger partial charge in [0.15, 0.2) is 0 Å². The summed E-state index contributed by atoms with van der Waals surface area (Å²) in [6.45, 7) is 5.64. The number of rotatable bonds is 5. The van der Waals surface area contributed by atoms with Crippen LogP contribution in [0.5, 0.6) is 0 Å². The monoisotopic (exact) mass is 235 g/mol. The van der Waals surface area contributed by atoms with Crippen molar-refractivity contribution in [3.63, 3.8) is 0 Å². The SMILES string of the molecule is CC(C)NCC1CCCC1Cc1cnn(C)c1. The Kier molecular flexibility index (Phi) is 4.21. The lowest BCUT2D eigenvalue weighted by molar-refractivity contribution is 0.354. The third-order valence-corrected chi connectivity index (χ3v) is 3.86. The molecule has 1 aliphatic rings. The van der Waals surface area contributed by atoms with Crippen molar-refractivity contribution in [1.82, 2.24) is 15.1 Å². The fourth-order valence-corrected chi connectivity index (χ4v) is 2.92. The zero-order chi connectivity index (χ0) is 12.3. The van der Waals surface area contributed by atoms with Gasteiger partial charge in [0.1, 0.15) is 0 Å². The predicted octanol–water partition coefficient (Wildman–Crippen LogP) is 2.38. The van der Waals surface area contributed by atoms with Crippen molar-refractivity contribution in [2.24, 2.45) is 18.9 Å². The topological polar surface area (TPSA) is 29.9 Å². The fraction of sp³-hybridized carbons (Fsp3) is 0.786. The summed E-state index contributed by atoms with van der Waals surface area (Å²) in [5.74, 6) is 1.71. The molecule has 1 aromatic heterocycles. The molecule has 96 valence electrons. The molecule has 1 N–H and O–H groups in total. The minimum atomic E-state index is 0.606. The minimum Gasteiger partial charge on any atom is -0.314 e. The highest BCUT2D eigenvalue weighted by Gasteiger charge is 2.27. The molecular weight excluding hydrogens is 210 g/mol. The molecule has 1 fully saturated rings. The molecule has 0 spiro atoms. The summed E-state index contributed by atoms with van der Waals surface area (Å²) >= 11 is 0. The van der Waals surface area contributed by atoms with Crippen molar-refractivity contribution in [2.45, 2.75) is 45.6 Å². The molecule has 0 aliphatic heterocycles. The molecule has 2 atom stereocenters. The summed E-state index contributed by atoms with van der Waals surface area (Å²) < 4.78 is 1.91. The number of nitrogens with zero attached hydrogens (tertiary/aromatic N) is 2. The van der Waals surface area contributed by atoms with Crippen molar-refractivity contribution in [3.8, 4) is 0 Å².